The van der Waals surface area contributed by atoms with Crippen molar-refractivity contribution in [1.82, 2.24) is 0 Å². The molecule has 6 nitrogen and oxygen atoms in total. The van der Waals surface area contributed by atoms with Crippen molar-refractivity contribution in [1.29, 1.82) is 0 Å². The number of unbranched alkanes of at least 4 members (excludes halogenated alkanes) is 38. The number of esters is 3. The second kappa shape index (κ2) is 62.6. The smallest absolute Gasteiger partial charge is 0.306 e. The Hall–Kier alpha value is -2.89. The predicted molar refractivity (Wildman–Crippen MR) is 321 cm³/mol. The molecule has 1 atom stereocenters. The molecule has 0 saturated carbocycles. The molecule has 0 bridgehead atoms. The summed E-state index contributed by atoms with van der Waals surface area (Å²) >= 11 is 0. The van der Waals surface area contributed by atoms with E-state index < -0.39 is 6.10 Å². The summed E-state index contributed by atoms with van der Waals surface area (Å²) in [5, 5.41) is 0. The summed E-state index contributed by atoms with van der Waals surface area (Å²) in [6.07, 6.45) is 79.3. The molecular formula is C68H122O6. The molecule has 0 saturated heterocycles. The minimum atomic E-state index is -0.785. The summed E-state index contributed by atoms with van der Waals surface area (Å²) < 4.78 is 16.9. The van der Waals surface area contributed by atoms with Gasteiger partial charge in [0.05, 0.1) is 0 Å². The molecule has 0 spiro atoms. The number of hydrogen-bond acceptors (Lipinski definition) is 6. The van der Waals surface area contributed by atoms with Gasteiger partial charge >= 0.3 is 17.9 Å². The van der Waals surface area contributed by atoms with Crippen LogP contribution in [0.15, 0.2) is 60.8 Å². The molecule has 0 aliphatic heterocycles. The van der Waals surface area contributed by atoms with Gasteiger partial charge in [0.15, 0.2) is 6.10 Å². The normalized spacial score (nSPS) is 12.4. The molecule has 0 aliphatic rings. The highest BCUT2D eigenvalue weighted by molar-refractivity contribution is 5.71. The zero-order valence-electron chi connectivity index (χ0n) is 49.4. The lowest BCUT2D eigenvalue weighted by Crippen LogP contribution is -2.30. The summed E-state index contributed by atoms with van der Waals surface area (Å²) in [5.41, 5.74) is 0. The highest BCUT2D eigenvalue weighted by atomic mass is 16.6. The zero-order valence-corrected chi connectivity index (χ0v) is 49.4. The minimum Gasteiger partial charge on any atom is -0.462 e. The van der Waals surface area contributed by atoms with Gasteiger partial charge in [-0.15, -0.1) is 0 Å². The van der Waals surface area contributed by atoms with Gasteiger partial charge in [-0.1, -0.05) is 268 Å². The van der Waals surface area contributed by atoms with Crippen molar-refractivity contribution < 1.29 is 28.6 Å². The second-order valence-corrected chi connectivity index (χ2v) is 21.7. The number of carbonyl (C=O) groups excluding carboxylic acids is 3. The largest absolute Gasteiger partial charge is 0.462 e. The lowest BCUT2D eigenvalue weighted by atomic mass is 10.1. The lowest BCUT2D eigenvalue weighted by molar-refractivity contribution is -0.167. The molecule has 0 aromatic carbocycles. The number of allylic oxidation sites excluding steroid dienone is 10. The van der Waals surface area contributed by atoms with Crippen LogP contribution in [-0.2, 0) is 28.6 Å². The van der Waals surface area contributed by atoms with E-state index >= 15 is 0 Å². The molecular weight excluding hydrogens is 913 g/mol. The van der Waals surface area contributed by atoms with Crippen molar-refractivity contribution in [2.24, 2.45) is 0 Å². The van der Waals surface area contributed by atoms with Gasteiger partial charge < -0.3 is 14.2 Å². The minimum absolute atomic E-state index is 0.0821. The first-order chi connectivity index (χ1) is 36.5. The molecule has 74 heavy (non-hydrogen) atoms. The van der Waals surface area contributed by atoms with E-state index in [-0.39, 0.29) is 31.1 Å². The lowest BCUT2D eigenvalue weighted by Gasteiger charge is -2.18. The summed E-state index contributed by atoms with van der Waals surface area (Å²) in [7, 11) is 0. The van der Waals surface area contributed by atoms with E-state index in [4.69, 9.17) is 14.2 Å². The molecule has 0 heterocycles. The molecule has 0 rings (SSSR count). The van der Waals surface area contributed by atoms with Crippen molar-refractivity contribution in [3.05, 3.63) is 60.8 Å². The van der Waals surface area contributed by atoms with Crippen LogP contribution in [0.2, 0.25) is 0 Å². The number of rotatable bonds is 59. The Morgan fingerprint density at radius 2 is 0.486 bits per heavy atom. The quantitative estimate of drug-likeness (QED) is 0.0261. The van der Waals surface area contributed by atoms with E-state index in [0.717, 1.165) is 83.5 Å². The van der Waals surface area contributed by atoms with Gasteiger partial charge in [-0.25, -0.2) is 0 Å². The SMILES string of the molecule is CCCCCCC/C=C\C/C=C\C/C=C\CCCCCCCCC(=O)OCC(COC(=O)CCCCCCC/C=C\CCCCCCC)OC(=O)CCCCCCCCCCC/C=C\CCCCCCCCCC. The van der Waals surface area contributed by atoms with Gasteiger partial charge in [0, 0.05) is 19.3 Å². The number of ether oxygens (including phenoxy) is 3. The standard InChI is InChI=1S/C68H122O6/c1-4-7-10-13-16-19-22-25-28-30-32-34-36-38-40-43-46-49-52-55-58-61-67(70)73-64-65(63-72-66(69)60-57-54-51-48-45-42-27-24-21-18-15-12-9-6-3)74-68(71)62-59-56-53-50-47-44-41-39-37-35-33-31-29-26-23-20-17-14-11-8-5-2/h22,24-25,27,30-33,36,38,65H,4-21,23,26,28-29,34-35,37,39-64H2,1-3H3/b25-22-,27-24-,32-30-,33-31-,38-36-. The summed E-state index contributed by atoms with van der Waals surface area (Å²) in [4.78, 5) is 38.3. The molecule has 0 aromatic rings. The molecule has 0 aromatic heterocycles. The van der Waals surface area contributed by atoms with E-state index in [2.05, 4.69) is 81.5 Å². The molecule has 0 aliphatic carbocycles. The number of carbonyl (C=O) groups is 3. The highest BCUT2D eigenvalue weighted by Crippen LogP contribution is 2.16. The maximum absolute atomic E-state index is 12.9. The van der Waals surface area contributed by atoms with Crippen LogP contribution in [0.5, 0.6) is 0 Å². The average Bonchev–Trinajstić information content (AvgIpc) is 3.40. The summed E-state index contributed by atoms with van der Waals surface area (Å²) in [5.74, 6) is -0.888. The van der Waals surface area contributed by atoms with Crippen molar-refractivity contribution in [2.75, 3.05) is 13.2 Å². The molecule has 0 radical (unpaired) electrons. The van der Waals surface area contributed by atoms with Crippen LogP contribution in [0.25, 0.3) is 0 Å². The number of hydrogen-bond donors (Lipinski definition) is 0. The van der Waals surface area contributed by atoms with Gasteiger partial charge in [-0.05, 0) is 109 Å². The second-order valence-electron chi connectivity index (χ2n) is 21.7. The third-order valence-corrected chi connectivity index (χ3v) is 14.2. The fourth-order valence-corrected chi connectivity index (χ4v) is 9.32. The first-order valence-corrected chi connectivity index (χ1v) is 32.3. The van der Waals surface area contributed by atoms with E-state index in [0.29, 0.717) is 19.3 Å². The van der Waals surface area contributed by atoms with E-state index in [1.807, 2.05) is 0 Å². The first kappa shape index (κ1) is 71.1. The van der Waals surface area contributed by atoms with Crippen molar-refractivity contribution in [2.45, 2.75) is 341 Å². The van der Waals surface area contributed by atoms with Gasteiger partial charge in [-0.3, -0.25) is 14.4 Å². The van der Waals surface area contributed by atoms with Crippen molar-refractivity contribution in [3.8, 4) is 0 Å². The molecule has 430 valence electrons. The topological polar surface area (TPSA) is 78.9 Å². The maximum atomic E-state index is 12.9. The average molecular weight is 1040 g/mol. The van der Waals surface area contributed by atoms with Crippen LogP contribution in [0.1, 0.15) is 335 Å². The van der Waals surface area contributed by atoms with Gasteiger partial charge in [0.2, 0.25) is 0 Å². The van der Waals surface area contributed by atoms with Gasteiger partial charge in [-0.2, -0.15) is 0 Å². The fraction of sp³-hybridized carbons (Fsp3) is 0.809. The highest BCUT2D eigenvalue weighted by Gasteiger charge is 2.19. The zero-order chi connectivity index (χ0) is 53.6. The van der Waals surface area contributed by atoms with E-state index in [1.54, 1.807) is 0 Å². The fourth-order valence-electron chi connectivity index (χ4n) is 9.32. The van der Waals surface area contributed by atoms with Gasteiger partial charge in [0.25, 0.3) is 0 Å². The Labute approximate surface area is 460 Å². The molecule has 1 unspecified atom stereocenters. The Balaban J connectivity index is 4.37. The van der Waals surface area contributed by atoms with E-state index in [1.165, 1.54) is 212 Å². The third kappa shape index (κ3) is 60.0. The Bertz CT molecular complexity index is 1330. The molecule has 6 heteroatoms. The van der Waals surface area contributed by atoms with Crippen LogP contribution in [0.4, 0.5) is 0 Å². The molecule has 0 amide bonds. The predicted octanol–water partition coefficient (Wildman–Crippen LogP) is 21.9. The van der Waals surface area contributed by atoms with Crippen molar-refractivity contribution in [3.63, 3.8) is 0 Å². The van der Waals surface area contributed by atoms with Crippen LogP contribution in [-0.4, -0.2) is 37.2 Å². The molecule has 0 fully saturated rings. The van der Waals surface area contributed by atoms with E-state index in [9.17, 15) is 14.4 Å². The van der Waals surface area contributed by atoms with Crippen LogP contribution < -0.4 is 0 Å². The van der Waals surface area contributed by atoms with Crippen LogP contribution in [0.3, 0.4) is 0 Å². The Morgan fingerprint density at radius 3 is 0.770 bits per heavy atom. The first-order valence-electron chi connectivity index (χ1n) is 32.3. The monoisotopic (exact) mass is 1030 g/mol. The third-order valence-electron chi connectivity index (χ3n) is 14.2. The summed E-state index contributed by atoms with van der Waals surface area (Å²) in [6, 6.07) is 0. The van der Waals surface area contributed by atoms with Gasteiger partial charge in [0.1, 0.15) is 13.2 Å². The van der Waals surface area contributed by atoms with Crippen LogP contribution >= 0.6 is 0 Å². The van der Waals surface area contributed by atoms with Crippen LogP contribution in [0, 0.1) is 0 Å². The maximum Gasteiger partial charge on any atom is 0.306 e. The summed E-state index contributed by atoms with van der Waals surface area (Å²) in [6.45, 7) is 6.64. The van der Waals surface area contributed by atoms with Crippen molar-refractivity contribution >= 4 is 17.9 Å². The Morgan fingerprint density at radius 1 is 0.270 bits per heavy atom. The Kier molecular flexibility index (Phi) is 60.2. The molecule has 0 N–H and O–H groups in total.